The van der Waals surface area contributed by atoms with Gasteiger partial charge < -0.3 is 11.5 Å². The Balaban J connectivity index is 1.35. The lowest BCUT2D eigenvalue weighted by Gasteiger charge is -1.98. The van der Waals surface area contributed by atoms with E-state index in [0.29, 0.717) is 11.4 Å². The fraction of sp³-hybridized carbons (Fsp3) is 0. The lowest BCUT2D eigenvalue weighted by Crippen LogP contribution is -1.80. The first kappa shape index (κ1) is 20.7. The molecule has 0 saturated carbocycles. The third-order valence-electron chi connectivity index (χ3n) is 4.60. The van der Waals surface area contributed by atoms with Gasteiger partial charge in [0, 0.05) is 11.4 Å². The third-order valence-corrected chi connectivity index (χ3v) is 4.60. The van der Waals surface area contributed by atoms with Gasteiger partial charge in [-0.15, -0.1) is 0 Å². The summed E-state index contributed by atoms with van der Waals surface area (Å²) < 4.78 is 0. The fourth-order valence-corrected chi connectivity index (χ4v) is 2.81. The largest absolute Gasteiger partial charge is 0.399 e. The van der Waals surface area contributed by atoms with Crippen LogP contribution in [-0.2, 0) is 0 Å². The molecule has 0 aliphatic heterocycles. The summed E-state index contributed by atoms with van der Waals surface area (Å²) >= 11 is 0. The molecule has 6 nitrogen and oxygen atoms in total. The topological polar surface area (TPSA) is 101 Å². The van der Waals surface area contributed by atoms with Crippen molar-refractivity contribution in [1.82, 2.24) is 0 Å². The SMILES string of the molecule is Nc1ccc(N=Nc2ccc(/C=C/c3ccc(N=Nc4ccc(N)cc4)cc3)cc2)cc1. The normalized spacial score (nSPS) is 11.6. The van der Waals surface area contributed by atoms with Gasteiger partial charge in [0.2, 0.25) is 0 Å². The maximum Gasteiger partial charge on any atom is 0.0858 e. The molecule has 0 aliphatic carbocycles. The Labute approximate surface area is 186 Å². The Kier molecular flexibility index (Phi) is 6.43. The van der Waals surface area contributed by atoms with Crippen LogP contribution in [-0.4, -0.2) is 0 Å². The minimum absolute atomic E-state index is 0.706. The summed E-state index contributed by atoms with van der Waals surface area (Å²) in [5.41, 5.74) is 18.0. The number of azo groups is 2. The molecule has 0 spiro atoms. The molecular formula is C26H22N6. The number of nitrogen functional groups attached to an aromatic ring is 2. The van der Waals surface area contributed by atoms with Gasteiger partial charge in [0.1, 0.15) is 0 Å². The first-order valence-corrected chi connectivity index (χ1v) is 10.1. The van der Waals surface area contributed by atoms with Crippen molar-refractivity contribution < 1.29 is 0 Å². The molecule has 156 valence electrons. The smallest absolute Gasteiger partial charge is 0.0858 e. The highest BCUT2D eigenvalue weighted by atomic mass is 15.1. The summed E-state index contributed by atoms with van der Waals surface area (Å²) in [6, 6.07) is 30.3. The molecule has 0 aromatic heterocycles. The van der Waals surface area contributed by atoms with E-state index in [1.807, 2.05) is 84.9 Å². The van der Waals surface area contributed by atoms with E-state index in [2.05, 4.69) is 20.5 Å². The zero-order valence-corrected chi connectivity index (χ0v) is 17.3. The Morgan fingerprint density at radius 2 is 0.625 bits per heavy atom. The van der Waals surface area contributed by atoms with Crippen LogP contribution in [0.25, 0.3) is 12.2 Å². The number of nitrogens with zero attached hydrogens (tertiary/aromatic N) is 4. The Bertz CT molecular complexity index is 1140. The molecule has 0 atom stereocenters. The van der Waals surface area contributed by atoms with Crippen LogP contribution >= 0.6 is 0 Å². The summed E-state index contributed by atoms with van der Waals surface area (Å²) in [5, 5.41) is 16.9. The van der Waals surface area contributed by atoms with Crippen LogP contribution in [0.15, 0.2) is 118 Å². The highest BCUT2D eigenvalue weighted by Gasteiger charge is 1.95. The van der Waals surface area contributed by atoms with E-state index in [0.717, 1.165) is 33.9 Å². The monoisotopic (exact) mass is 418 g/mol. The Morgan fingerprint density at radius 1 is 0.375 bits per heavy atom. The number of hydrogen-bond acceptors (Lipinski definition) is 6. The number of anilines is 2. The quantitative estimate of drug-likeness (QED) is 0.189. The summed E-state index contributed by atoms with van der Waals surface area (Å²) in [7, 11) is 0. The van der Waals surface area contributed by atoms with E-state index in [1.54, 1.807) is 24.3 Å². The minimum atomic E-state index is 0.706. The van der Waals surface area contributed by atoms with Crippen LogP contribution in [0.1, 0.15) is 11.1 Å². The van der Waals surface area contributed by atoms with E-state index >= 15 is 0 Å². The van der Waals surface area contributed by atoms with Gasteiger partial charge in [-0.2, -0.15) is 20.5 Å². The van der Waals surface area contributed by atoms with Gasteiger partial charge in [-0.3, -0.25) is 0 Å². The molecule has 4 rings (SSSR count). The minimum Gasteiger partial charge on any atom is -0.399 e. The van der Waals surface area contributed by atoms with Gasteiger partial charge >= 0.3 is 0 Å². The predicted octanol–water partition coefficient (Wildman–Crippen LogP) is 7.85. The zero-order valence-electron chi connectivity index (χ0n) is 17.3. The van der Waals surface area contributed by atoms with Gasteiger partial charge in [0.05, 0.1) is 22.7 Å². The van der Waals surface area contributed by atoms with Gasteiger partial charge in [-0.25, -0.2) is 0 Å². The third kappa shape index (κ3) is 5.96. The van der Waals surface area contributed by atoms with Crippen molar-refractivity contribution in [3.8, 4) is 0 Å². The number of benzene rings is 4. The second-order valence-corrected chi connectivity index (χ2v) is 7.10. The van der Waals surface area contributed by atoms with Crippen molar-refractivity contribution in [1.29, 1.82) is 0 Å². The number of nitrogens with two attached hydrogens (primary N) is 2. The van der Waals surface area contributed by atoms with Crippen molar-refractivity contribution in [2.24, 2.45) is 20.5 Å². The second kappa shape index (κ2) is 9.95. The molecule has 0 fully saturated rings. The number of rotatable bonds is 6. The molecular weight excluding hydrogens is 396 g/mol. The molecule has 0 heterocycles. The molecule has 0 bridgehead atoms. The molecule has 0 radical (unpaired) electrons. The molecule has 0 amide bonds. The highest BCUT2D eigenvalue weighted by molar-refractivity contribution is 5.70. The van der Waals surface area contributed by atoms with Crippen molar-refractivity contribution >= 4 is 46.3 Å². The van der Waals surface area contributed by atoms with Crippen molar-refractivity contribution in [2.75, 3.05) is 11.5 Å². The summed E-state index contributed by atoms with van der Waals surface area (Å²) in [5.74, 6) is 0. The molecule has 0 aliphatic rings. The van der Waals surface area contributed by atoms with E-state index in [9.17, 15) is 0 Å². The summed E-state index contributed by atoms with van der Waals surface area (Å²) in [6.07, 6.45) is 4.09. The van der Waals surface area contributed by atoms with Crippen LogP contribution in [0, 0.1) is 0 Å². The van der Waals surface area contributed by atoms with Crippen LogP contribution in [0.2, 0.25) is 0 Å². The van der Waals surface area contributed by atoms with E-state index in [1.165, 1.54) is 0 Å². The van der Waals surface area contributed by atoms with Crippen LogP contribution in [0.4, 0.5) is 34.1 Å². The molecule has 6 heteroatoms. The van der Waals surface area contributed by atoms with Gasteiger partial charge in [-0.05, 0) is 83.9 Å². The molecule has 32 heavy (non-hydrogen) atoms. The average molecular weight is 419 g/mol. The Morgan fingerprint density at radius 3 is 0.906 bits per heavy atom. The molecule has 0 unspecified atom stereocenters. The standard InChI is InChI=1S/C26H22N6/c27-21-7-15-25(16-8-21)31-29-23-11-3-19(4-12-23)1-2-20-5-13-24(14-6-20)30-32-26-17-9-22(28)10-18-26/h1-18H,27-28H2/b2-1+,31-29?,32-30?. The molecule has 0 saturated heterocycles. The zero-order chi connectivity index (χ0) is 22.2. The van der Waals surface area contributed by atoms with Crippen LogP contribution < -0.4 is 11.5 Å². The van der Waals surface area contributed by atoms with Crippen LogP contribution in [0.3, 0.4) is 0 Å². The first-order valence-electron chi connectivity index (χ1n) is 10.1. The van der Waals surface area contributed by atoms with E-state index < -0.39 is 0 Å². The molecule has 4 aromatic rings. The lowest BCUT2D eigenvalue weighted by atomic mass is 10.1. The second-order valence-electron chi connectivity index (χ2n) is 7.10. The van der Waals surface area contributed by atoms with Crippen molar-refractivity contribution in [3.63, 3.8) is 0 Å². The lowest BCUT2D eigenvalue weighted by molar-refractivity contribution is 1.23. The van der Waals surface area contributed by atoms with Crippen molar-refractivity contribution in [2.45, 2.75) is 0 Å². The van der Waals surface area contributed by atoms with Gasteiger partial charge in [0.25, 0.3) is 0 Å². The first-order chi connectivity index (χ1) is 15.6. The van der Waals surface area contributed by atoms with Crippen LogP contribution in [0.5, 0.6) is 0 Å². The van der Waals surface area contributed by atoms with Gasteiger partial charge in [0.15, 0.2) is 0 Å². The summed E-state index contributed by atoms with van der Waals surface area (Å²) in [6.45, 7) is 0. The maximum absolute atomic E-state index is 5.68. The van der Waals surface area contributed by atoms with Crippen molar-refractivity contribution in [3.05, 3.63) is 108 Å². The van der Waals surface area contributed by atoms with E-state index in [4.69, 9.17) is 11.5 Å². The summed E-state index contributed by atoms with van der Waals surface area (Å²) in [4.78, 5) is 0. The molecule has 4 aromatic carbocycles. The number of hydrogen-bond donors (Lipinski definition) is 2. The predicted molar refractivity (Wildman–Crippen MR) is 132 cm³/mol. The Hall–Kier alpha value is -4.58. The van der Waals surface area contributed by atoms with Gasteiger partial charge in [-0.1, -0.05) is 36.4 Å². The maximum atomic E-state index is 5.68. The fourth-order valence-electron chi connectivity index (χ4n) is 2.81. The van der Waals surface area contributed by atoms with E-state index in [-0.39, 0.29) is 0 Å². The average Bonchev–Trinajstić information content (AvgIpc) is 2.83. The highest BCUT2D eigenvalue weighted by Crippen LogP contribution is 2.22. The molecule has 4 N–H and O–H groups in total.